The van der Waals surface area contributed by atoms with Crippen LogP contribution in [0.2, 0.25) is 0 Å². The minimum absolute atomic E-state index is 0.339. The molecule has 0 aliphatic rings. The van der Waals surface area contributed by atoms with Crippen molar-refractivity contribution in [3.63, 3.8) is 0 Å². The highest BCUT2D eigenvalue weighted by atomic mass is 15.3. The van der Waals surface area contributed by atoms with Crippen LogP contribution in [0, 0.1) is 0 Å². The summed E-state index contributed by atoms with van der Waals surface area (Å²) in [5, 5.41) is 11.0. The lowest BCUT2D eigenvalue weighted by molar-refractivity contribution is 0.593. The van der Waals surface area contributed by atoms with Crippen molar-refractivity contribution in [1.82, 2.24) is 25.4 Å². The lowest BCUT2D eigenvalue weighted by Gasteiger charge is -2.18. The molecule has 0 saturated heterocycles. The van der Waals surface area contributed by atoms with Gasteiger partial charge in [0.05, 0.1) is 13.1 Å². The van der Waals surface area contributed by atoms with E-state index in [1.54, 1.807) is 12.7 Å². The normalized spacial score (nSPS) is 12.6. The maximum absolute atomic E-state index is 4.78. The first kappa shape index (κ1) is 20.6. The van der Waals surface area contributed by atoms with Gasteiger partial charge in [0.25, 0.3) is 0 Å². The quantitative estimate of drug-likeness (QED) is 0.434. The molecule has 2 aromatic carbocycles. The Morgan fingerprint density at radius 3 is 2.62 bits per heavy atom. The van der Waals surface area contributed by atoms with Gasteiger partial charge in [-0.05, 0) is 43.4 Å². The van der Waals surface area contributed by atoms with Gasteiger partial charge in [-0.25, -0.2) is 14.7 Å². The zero-order chi connectivity index (χ0) is 20.3. The van der Waals surface area contributed by atoms with Gasteiger partial charge in [0.2, 0.25) is 0 Å². The Balaban J connectivity index is 1.55. The van der Waals surface area contributed by atoms with Gasteiger partial charge in [-0.3, -0.25) is 0 Å². The second-order valence-corrected chi connectivity index (χ2v) is 7.18. The molecule has 0 radical (unpaired) electrons. The van der Waals surface area contributed by atoms with E-state index in [2.05, 4.69) is 89.2 Å². The van der Waals surface area contributed by atoms with Crippen molar-refractivity contribution in [2.45, 2.75) is 45.8 Å². The second-order valence-electron chi connectivity index (χ2n) is 7.18. The molecule has 3 rings (SSSR count). The summed E-state index contributed by atoms with van der Waals surface area (Å²) in [7, 11) is 0. The van der Waals surface area contributed by atoms with E-state index < -0.39 is 0 Å². The molecule has 3 aromatic rings. The zero-order valence-corrected chi connectivity index (χ0v) is 17.3. The molecule has 0 amide bonds. The van der Waals surface area contributed by atoms with E-state index in [-0.39, 0.29) is 0 Å². The van der Waals surface area contributed by atoms with Gasteiger partial charge in [-0.15, -0.1) is 0 Å². The van der Waals surface area contributed by atoms with Gasteiger partial charge >= 0.3 is 0 Å². The molecule has 0 fully saturated rings. The molecule has 152 valence electrons. The number of nitrogens with zero attached hydrogens (tertiary/aromatic N) is 4. The fraction of sp³-hybridized carbons (Fsp3) is 0.348. The molecular formula is C23H30N6. The maximum Gasteiger partial charge on any atom is 0.191 e. The maximum atomic E-state index is 4.78. The standard InChI is InChI=1S/C23H30N6/c1-3-25-23(28-19(2)12-13-20-8-5-4-6-9-20)26-15-21-10-7-11-22(14-21)16-29-18-24-17-27-29/h4-11,14,17-19H,3,12-13,15-16H2,1-2H3,(H2,25,26,28). The summed E-state index contributed by atoms with van der Waals surface area (Å²) >= 11 is 0. The molecule has 29 heavy (non-hydrogen) atoms. The highest BCUT2D eigenvalue weighted by Gasteiger charge is 2.06. The molecule has 1 unspecified atom stereocenters. The van der Waals surface area contributed by atoms with Crippen molar-refractivity contribution >= 4 is 5.96 Å². The summed E-state index contributed by atoms with van der Waals surface area (Å²) in [5.74, 6) is 0.856. The summed E-state index contributed by atoms with van der Waals surface area (Å²) in [5.41, 5.74) is 3.74. The van der Waals surface area contributed by atoms with Crippen molar-refractivity contribution in [2.24, 2.45) is 4.99 Å². The third-order valence-corrected chi connectivity index (χ3v) is 4.66. The van der Waals surface area contributed by atoms with Crippen LogP contribution in [-0.4, -0.2) is 33.3 Å². The number of aromatic nitrogens is 3. The van der Waals surface area contributed by atoms with E-state index in [0.29, 0.717) is 19.1 Å². The molecule has 2 N–H and O–H groups in total. The Hall–Kier alpha value is -3.15. The van der Waals surface area contributed by atoms with Gasteiger partial charge in [-0.1, -0.05) is 54.6 Å². The average molecular weight is 391 g/mol. The molecule has 6 nitrogen and oxygen atoms in total. The van der Waals surface area contributed by atoms with Crippen LogP contribution in [0.5, 0.6) is 0 Å². The Kier molecular flexibility index (Phi) is 7.81. The third kappa shape index (κ3) is 7.07. The zero-order valence-electron chi connectivity index (χ0n) is 17.3. The van der Waals surface area contributed by atoms with Gasteiger partial charge in [-0.2, -0.15) is 5.10 Å². The topological polar surface area (TPSA) is 67.1 Å². The van der Waals surface area contributed by atoms with Crippen LogP contribution in [0.15, 0.2) is 72.2 Å². The highest BCUT2D eigenvalue weighted by molar-refractivity contribution is 5.80. The minimum Gasteiger partial charge on any atom is -0.357 e. The van der Waals surface area contributed by atoms with Crippen LogP contribution in [0.3, 0.4) is 0 Å². The van der Waals surface area contributed by atoms with Crippen LogP contribution in [0.25, 0.3) is 0 Å². The Labute approximate surface area is 173 Å². The van der Waals surface area contributed by atoms with E-state index in [0.717, 1.165) is 25.3 Å². The van der Waals surface area contributed by atoms with Crippen LogP contribution < -0.4 is 10.6 Å². The molecule has 0 bridgehead atoms. The van der Waals surface area contributed by atoms with Gasteiger partial charge in [0.1, 0.15) is 12.7 Å². The first-order valence-corrected chi connectivity index (χ1v) is 10.2. The van der Waals surface area contributed by atoms with Crippen molar-refractivity contribution in [3.8, 4) is 0 Å². The fourth-order valence-corrected chi connectivity index (χ4v) is 3.15. The summed E-state index contributed by atoms with van der Waals surface area (Å²) in [6.07, 6.45) is 5.40. The molecule has 0 aliphatic carbocycles. The highest BCUT2D eigenvalue weighted by Crippen LogP contribution is 2.08. The summed E-state index contributed by atoms with van der Waals surface area (Å²) < 4.78 is 1.82. The fourth-order valence-electron chi connectivity index (χ4n) is 3.15. The number of guanidine groups is 1. The number of aryl methyl sites for hydroxylation is 1. The third-order valence-electron chi connectivity index (χ3n) is 4.66. The molecule has 1 heterocycles. The number of hydrogen-bond acceptors (Lipinski definition) is 3. The SMILES string of the molecule is CCNC(=NCc1cccc(Cn2cncn2)c1)NC(C)CCc1ccccc1. The van der Waals surface area contributed by atoms with Crippen LogP contribution >= 0.6 is 0 Å². The molecule has 0 aliphatic heterocycles. The molecule has 1 aromatic heterocycles. The van der Waals surface area contributed by atoms with E-state index in [1.807, 2.05) is 4.68 Å². The number of aliphatic imine (C=N–C) groups is 1. The van der Waals surface area contributed by atoms with Crippen molar-refractivity contribution in [3.05, 3.63) is 83.9 Å². The largest absolute Gasteiger partial charge is 0.357 e. The number of nitrogens with one attached hydrogen (secondary N) is 2. The van der Waals surface area contributed by atoms with Crippen LogP contribution in [-0.2, 0) is 19.5 Å². The molecular weight excluding hydrogens is 360 g/mol. The summed E-state index contributed by atoms with van der Waals surface area (Å²) in [6.45, 7) is 6.47. The minimum atomic E-state index is 0.339. The molecule has 0 spiro atoms. The number of hydrogen-bond donors (Lipinski definition) is 2. The molecule has 0 saturated carbocycles. The van der Waals surface area contributed by atoms with Crippen molar-refractivity contribution in [1.29, 1.82) is 0 Å². The first-order valence-electron chi connectivity index (χ1n) is 10.2. The van der Waals surface area contributed by atoms with Crippen LogP contribution in [0.1, 0.15) is 37.0 Å². The Morgan fingerprint density at radius 2 is 1.86 bits per heavy atom. The smallest absolute Gasteiger partial charge is 0.191 e. The first-order chi connectivity index (χ1) is 14.2. The summed E-state index contributed by atoms with van der Waals surface area (Å²) in [6, 6.07) is 19.4. The Morgan fingerprint density at radius 1 is 1.07 bits per heavy atom. The lowest BCUT2D eigenvalue weighted by atomic mass is 10.1. The van der Waals surface area contributed by atoms with Crippen molar-refractivity contribution < 1.29 is 0 Å². The second kappa shape index (κ2) is 11.0. The molecule has 6 heteroatoms. The van der Waals surface area contributed by atoms with Gasteiger partial charge in [0, 0.05) is 12.6 Å². The average Bonchev–Trinajstić information content (AvgIpc) is 3.25. The lowest BCUT2D eigenvalue weighted by Crippen LogP contribution is -2.42. The van der Waals surface area contributed by atoms with Crippen molar-refractivity contribution in [2.75, 3.05) is 6.54 Å². The Bertz CT molecular complexity index is 873. The van der Waals surface area contributed by atoms with Crippen LogP contribution in [0.4, 0.5) is 0 Å². The summed E-state index contributed by atoms with van der Waals surface area (Å²) in [4.78, 5) is 8.77. The van der Waals surface area contributed by atoms with Gasteiger partial charge in [0.15, 0.2) is 5.96 Å². The van der Waals surface area contributed by atoms with E-state index in [1.165, 1.54) is 16.7 Å². The predicted octanol–water partition coefficient (Wildman–Crippen LogP) is 3.40. The van der Waals surface area contributed by atoms with E-state index in [9.17, 15) is 0 Å². The monoisotopic (exact) mass is 390 g/mol. The number of rotatable bonds is 9. The predicted molar refractivity (Wildman–Crippen MR) is 118 cm³/mol. The van der Waals surface area contributed by atoms with E-state index >= 15 is 0 Å². The van der Waals surface area contributed by atoms with Gasteiger partial charge < -0.3 is 10.6 Å². The number of benzene rings is 2. The van der Waals surface area contributed by atoms with E-state index in [4.69, 9.17) is 4.99 Å². The molecule has 1 atom stereocenters.